The van der Waals surface area contributed by atoms with Crippen molar-refractivity contribution in [1.29, 1.82) is 0 Å². The molecule has 1 aromatic carbocycles. The van der Waals surface area contributed by atoms with Gasteiger partial charge in [-0.2, -0.15) is 0 Å². The van der Waals surface area contributed by atoms with Gasteiger partial charge >= 0.3 is 0 Å². The first-order valence-corrected chi connectivity index (χ1v) is 8.08. The molecule has 3 aromatic heterocycles. The molecule has 0 fully saturated rings. The highest BCUT2D eigenvalue weighted by Gasteiger charge is 2.13. The van der Waals surface area contributed by atoms with Gasteiger partial charge in [0, 0.05) is 25.9 Å². The molecule has 0 spiro atoms. The molecule has 0 saturated carbocycles. The van der Waals surface area contributed by atoms with E-state index >= 15 is 0 Å². The lowest BCUT2D eigenvalue weighted by Gasteiger charge is -2.10. The third-order valence-electron chi connectivity index (χ3n) is 3.44. The van der Waals surface area contributed by atoms with E-state index in [2.05, 4.69) is 34.6 Å². The van der Waals surface area contributed by atoms with Crippen LogP contribution >= 0.6 is 22.7 Å². The maximum absolute atomic E-state index is 6.41. The molecule has 0 aliphatic heterocycles. The number of hydrogen-bond donors (Lipinski definition) is 1. The van der Waals surface area contributed by atoms with Gasteiger partial charge in [-0.1, -0.05) is 18.2 Å². The van der Waals surface area contributed by atoms with E-state index in [1.807, 2.05) is 24.4 Å². The van der Waals surface area contributed by atoms with Crippen molar-refractivity contribution in [3.05, 3.63) is 64.5 Å². The Morgan fingerprint density at radius 2 is 1.95 bits per heavy atom. The summed E-state index contributed by atoms with van der Waals surface area (Å²) in [7, 11) is 0. The first-order chi connectivity index (χ1) is 9.81. The minimum absolute atomic E-state index is 0.100. The highest BCUT2D eigenvalue weighted by molar-refractivity contribution is 7.27. The Balaban J connectivity index is 1.79. The molecule has 4 aromatic rings. The number of hydrogen-bond acceptors (Lipinski definition) is 4. The molecule has 0 aliphatic rings. The van der Waals surface area contributed by atoms with Crippen LogP contribution in [0.2, 0.25) is 0 Å². The predicted octanol–water partition coefficient (Wildman–Crippen LogP) is 4.56. The Morgan fingerprint density at radius 3 is 2.85 bits per heavy atom. The van der Waals surface area contributed by atoms with Gasteiger partial charge in [-0.15, -0.1) is 22.7 Å². The molecule has 2 N–H and O–H groups in total. The Bertz CT molecular complexity index is 863. The van der Waals surface area contributed by atoms with E-state index in [-0.39, 0.29) is 6.04 Å². The van der Waals surface area contributed by atoms with E-state index in [0.717, 1.165) is 16.5 Å². The minimum Gasteiger partial charge on any atom is -0.320 e. The second kappa shape index (κ2) is 4.66. The summed E-state index contributed by atoms with van der Waals surface area (Å²) >= 11 is 3.53. The Kier molecular flexibility index (Phi) is 2.80. The van der Waals surface area contributed by atoms with Crippen LogP contribution < -0.4 is 5.73 Å². The number of nitrogens with two attached hydrogens (primary N) is 1. The zero-order chi connectivity index (χ0) is 13.5. The second-order valence-electron chi connectivity index (χ2n) is 4.74. The Morgan fingerprint density at radius 1 is 1.05 bits per heavy atom. The van der Waals surface area contributed by atoms with E-state index in [4.69, 9.17) is 5.73 Å². The van der Waals surface area contributed by atoms with Crippen molar-refractivity contribution >= 4 is 43.0 Å². The van der Waals surface area contributed by atoms with Crippen LogP contribution in [0.25, 0.3) is 20.3 Å². The van der Waals surface area contributed by atoms with Crippen LogP contribution in [0.1, 0.15) is 16.5 Å². The number of fused-ring (bicyclic) bond motifs is 2. The quantitative estimate of drug-likeness (QED) is 0.589. The molecule has 0 bridgehead atoms. The molecule has 1 unspecified atom stereocenters. The van der Waals surface area contributed by atoms with Crippen molar-refractivity contribution in [2.75, 3.05) is 0 Å². The Labute approximate surface area is 124 Å². The molecule has 4 heteroatoms. The number of pyridine rings is 1. The van der Waals surface area contributed by atoms with E-state index in [9.17, 15) is 0 Å². The highest BCUT2D eigenvalue weighted by Crippen LogP contribution is 2.35. The summed E-state index contributed by atoms with van der Waals surface area (Å²) in [6, 6.07) is 14.5. The normalized spacial score (nSPS) is 13.1. The number of benzene rings is 1. The van der Waals surface area contributed by atoms with Gasteiger partial charge in [0.15, 0.2) is 0 Å². The van der Waals surface area contributed by atoms with Crippen LogP contribution in [0.4, 0.5) is 0 Å². The zero-order valence-electron chi connectivity index (χ0n) is 10.6. The Hall–Kier alpha value is -1.75. The molecular weight excluding hydrogens is 284 g/mol. The van der Waals surface area contributed by atoms with Crippen LogP contribution in [0.3, 0.4) is 0 Å². The summed E-state index contributed by atoms with van der Waals surface area (Å²) in [5.74, 6) is 0. The maximum atomic E-state index is 6.41. The first-order valence-electron chi connectivity index (χ1n) is 6.38. The topological polar surface area (TPSA) is 38.9 Å². The van der Waals surface area contributed by atoms with E-state index < -0.39 is 0 Å². The highest BCUT2D eigenvalue weighted by atomic mass is 32.1. The van der Waals surface area contributed by atoms with Gasteiger partial charge in [0.1, 0.15) is 0 Å². The summed E-state index contributed by atoms with van der Waals surface area (Å²) in [5, 5.41) is 3.26. The maximum Gasteiger partial charge on any atom is 0.0702 e. The number of rotatable bonds is 2. The van der Waals surface area contributed by atoms with Gasteiger partial charge < -0.3 is 5.73 Å². The van der Waals surface area contributed by atoms with Crippen LogP contribution in [-0.4, -0.2) is 4.98 Å². The predicted molar refractivity (Wildman–Crippen MR) is 87.5 cm³/mol. The molecule has 0 amide bonds. The minimum atomic E-state index is -0.100. The third-order valence-corrected chi connectivity index (χ3v) is 5.61. The van der Waals surface area contributed by atoms with Gasteiger partial charge in [-0.05, 0) is 35.2 Å². The summed E-state index contributed by atoms with van der Waals surface area (Å²) in [6.07, 6.45) is 1.89. The lowest BCUT2D eigenvalue weighted by atomic mass is 10.1. The number of thiophene rings is 2. The van der Waals surface area contributed by atoms with E-state index in [1.165, 1.54) is 14.3 Å². The molecule has 2 nitrogen and oxygen atoms in total. The second-order valence-corrected chi connectivity index (χ2v) is 6.80. The molecular formula is C16H12N2S2. The fraction of sp³-hybridized carbons (Fsp3) is 0.0625. The molecule has 4 rings (SSSR count). The van der Waals surface area contributed by atoms with Crippen LogP contribution in [0.15, 0.2) is 54.0 Å². The largest absolute Gasteiger partial charge is 0.320 e. The average Bonchev–Trinajstić information content (AvgIpc) is 3.07. The summed E-state index contributed by atoms with van der Waals surface area (Å²) in [6.45, 7) is 0. The van der Waals surface area contributed by atoms with E-state index in [0.29, 0.717) is 0 Å². The molecule has 1 atom stereocenters. The van der Waals surface area contributed by atoms with Crippen LogP contribution in [0, 0.1) is 0 Å². The molecule has 0 aliphatic carbocycles. The van der Waals surface area contributed by atoms with Crippen LogP contribution in [0.5, 0.6) is 0 Å². The van der Waals surface area contributed by atoms with Crippen molar-refractivity contribution in [3.63, 3.8) is 0 Å². The van der Waals surface area contributed by atoms with Crippen molar-refractivity contribution in [1.82, 2.24) is 4.98 Å². The molecule has 20 heavy (non-hydrogen) atoms. The smallest absolute Gasteiger partial charge is 0.0702 e. The van der Waals surface area contributed by atoms with Gasteiger partial charge in [0.25, 0.3) is 0 Å². The summed E-state index contributed by atoms with van der Waals surface area (Å²) in [4.78, 5) is 5.69. The van der Waals surface area contributed by atoms with Gasteiger partial charge in [0.2, 0.25) is 0 Å². The molecule has 0 radical (unpaired) electrons. The van der Waals surface area contributed by atoms with Gasteiger partial charge in [-0.3, -0.25) is 4.98 Å². The van der Waals surface area contributed by atoms with Crippen molar-refractivity contribution in [3.8, 4) is 0 Å². The van der Waals surface area contributed by atoms with Crippen molar-refractivity contribution in [2.45, 2.75) is 6.04 Å². The number of para-hydroxylation sites is 1. The SMILES string of the molecule is NC(c1cnc2ccccc2c1)c1cc2sccc2s1. The lowest BCUT2D eigenvalue weighted by molar-refractivity contribution is 0.889. The van der Waals surface area contributed by atoms with Gasteiger partial charge in [0.05, 0.1) is 11.6 Å². The first kappa shape index (κ1) is 12.0. The standard InChI is InChI=1S/C16H12N2S2/c17-16(15-8-14-13(20-15)5-6-19-14)11-7-10-3-1-2-4-12(10)18-9-11/h1-9,16H,17H2. The zero-order valence-corrected chi connectivity index (χ0v) is 12.2. The molecule has 98 valence electrons. The summed E-state index contributed by atoms with van der Waals surface area (Å²) < 4.78 is 2.63. The number of nitrogens with zero attached hydrogens (tertiary/aromatic N) is 1. The lowest BCUT2D eigenvalue weighted by Crippen LogP contribution is -2.10. The fourth-order valence-electron chi connectivity index (χ4n) is 2.36. The molecule has 3 heterocycles. The number of aromatic nitrogens is 1. The average molecular weight is 296 g/mol. The monoisotopic (exact) mass is 296 g/mol. The van der Waals surface area contributed by atoms with E-state index in [1.54, 1.807) is 22.7 Å². The summed E-state index contributed by atoms with van der Waals surface area (Å²) in [5.41, 5.74) is 8.48. The third kappa shape index (κ3) is 1.93. The van der Waals surface area contributed by atoms with Crippen LogP contribution in [-0.2, 0) is 0 Å². The molecule has 0 saturated heterocycles. The van der Waals surface area contributed by atoms with Crippen molar-refractivity contribution in [2.24, 2.45) is 5.73 Å². The van der Waals surface area contributed by atoms with Crippen molar-refractivity contribution < 1.29 is 0 Å². The fourth-order valence-corrected chi connectivity index (χ4v) is 4.51. The van der Waals surface area contributed by atoms with Gasteiger partial charge in [-0.25, -0.2) is 0 Å².